The van der Waals surface area contributed by atoms with Gasteiger partial charge in [-0.3, -0.25) is 0 Å². The molecule has 0 fully saturated rings. The summed E-state index contributed by atoms with van der Waals surface area (Å²) in [5.74, 6) is 0. The van der Waals surface area contributed by atoms with Gasteiger partial charge in [0, 0.05) is 10.1 Å². The fraction of sp³-hybridized carbons (Fsp3) is 0.750. The zero-order valence-corrected chi connectivity index (χ0v) is 15.1. The lowest BCUT2D eigenvalue weighted by Crippen LogP contribution is -2.19. The Morgan fingerprint density at radius 1 is 0.750 bits per heavy atom. The molecule has 0 aliphatic rings. The summed E-state index contributed by atoms with van der Waals surface area (Å²) >= 11 is 12.2. The Hall–Kier alpha value is -0.0200. The van der Waals surface area contributed by atoms with E-state index >= 15 is 0 Å². The number of allylic oxidation sites excluding steroid dienone is 2. The molecule has 4 heteroatoms. The van der Waals surface area contributed by atoms with Crippen LogP contribution >= 0.6 is 23.2 Å². The Bertz CT molecular complexity index is 299. The van der Waals surface area contributed by atoms with E-state index in [0.717, 1.165) is 22.9 Å². The lowest BCUT2D eigenvalue weighted by molar-refractivity contribution is 0.0129. The summed E-state index contributed by atoms with van der Waals surface area (Å²) in [4.78, 5) is 0. The van der Waals surface area contributed by atoms with Gasteiger partial charge in [0.1, 0.15) is 0 Å². The number of halogens is 2. The lowest BCUT2D eigenvalue weighted by atomic mass is 10.2. The molecule has 0 N–H and O–H groups in total. The Morgan fingerprint density at radius 2 is 1.05 bits per heavy atom. The molecule has 0 heterocycles. The highest BCUT2D eigenvalue weighted by Gasteiger charge is 2.10. The quantitative estimate of drug-likeness (QED) is 0.564. The van der Waals surface area contributed by atoms with E-state index in [1.165, 1.54) is 0 Å². The van der Waals surface area contributed by atoms with Crippen LogP contribution in [0.1, 0.15) is 54.4 Å². The van der Waals surface area contributed by atoms with Crippen LogP contribution in [0, 0.1) is 0 Å². The molecule has 2 nitrogen and oxygen atoms in total. The Kier molecular flexibility index (Phi) is 9.08. The third kappa shape index (κ3) is 14.4. The van der Waals surface area contributed by atoms with E-state index in [9.17, 15) is 0 Å². The number of rotatable bonds is 7. The molecule has 0 unspecified atom stereocenters. The van der Waals surface area contributed by atoms with Crippen molar-refractivity contribution in [2.75, 3.05) is 13.2 Å². The molecular weight excluding hydrogens is 295 g/mol. The molecule has 0 aromatic carbocycles. The van der Waals surface area contributed by atoms with Gasteiger partial charge >= 0.3 is 0 Å². The monoisotopic (exact) mass is 322 g/mol. The molecule has 0 rings (SSSR count). The normalized spacial score (nSPS) is 14.8. The highest BCUT2D eigenvalue weighted by atomic mass is 35.5. The summed E-state index contributed by atoms with van der Waals surface area (Å²) in [5, 5.41) is 1.46. The molecular formula is C16H28Cl2O2. The molecule has 0 saturated carbocycles. The largest absolute Gasteiger partial charge is 0.370 e. The van der Waals surface area contributed by atoms with E-state index in [2.05, 4.69) is 0 Å². The number of unbranched alkanes of at least 4 members (excludes halogenated alkanes) is 1. The maximum atomic E-state index is 6.08. The van der Waals surface area contributed by atoms with E-state index in [4.69, 9.17) is 32.7 Å². The molecule has 0 amide bonds. The van der Waals surface area contributed by atoms with Crippen LogP contribution in [0.2, 0.25) is 0 Å². The van der Waals surface area contributed by atoms with Gasteiger partial charge in [-0.05, 0) is 54.4 Å². The molecule has 0 aliphatic heterocycles. The molecule has 0 aliphatic carbocycles. The second-order valence-electron chi connectivity index (χ2n) is 6.68. The first kappa shape index (κ1) is 20.0. The number of hydrogen-bond donors (Lipinski definition) is 0. The summed E-state index contributed by atoms with van der Waals surface area (Å²) in [6.07, 6.45) is 5.63. The Labute approximate surface area is 134 Å². The lowest BCUT2D eigenvalue weighted by Gasteiger charge is -2.19. The van der Waals surface area contributed by atoms with E-state index in [1.54, 1.807) is 0 Å². The van der Waals surface area contributed by atoms with Gasteiger partial charge in [0.15, 0.2) is 0 Å². The van der Waals surface area contributed by atoms with Gasteiger partial charge in [0.05, 0.1) is 24.4 Å². The Balaban J connectivity index is 3.93. The molecule has 20 heavy (non-hydrogen) atoms. The Morgan fingerprint density at radius 3 is 1.30 bits per heavy atom. The first-order valence-electron chi connectivity index (χ1n) is 6.96. The maximum Gasteiger partial charge on any atom is 0.0826 e. The first-order chi connectivity index (χ1) is 8.99. The molecule has 0 aromatic rings. The second-order valence-corrected chi connectivity index (χ2v) is 7.65. The zero-order chi connectivity index (χ0) is 15.8. The summed E-state index contributed by atoms with van der Waals surface area (Å²) in [6.45, 7) is 13.0. The molecule has 0 saturated heterocycles. The van der Waals surface area contributed by atoms with Crippen LogP contribution in [-0.2, 0) is 9.47 Å². The van der Waals surface area contributed by atoms with Crippen LogP contribution in [0.15, 0.2) is 22.2 Å². The fourth-order valence-electron chi connectivity index (χ4n) is 1.17. The SMILES string of the molecule is CC(C)(C)OC/C(Cl)=C/CC/C=C(\Cl)COC(C)(C)C. The van der Waals surface area contributed by atoms with Crippen molar-refractivity contribution >= 4 is 23.2 Å². The van der Waals surface area contributed by atoms with Crippen LogP contribution in [0.25, 0.3) is 0 Å². The second kappa shape index (κ2) is 9.09. The molecule has 0 atom stereocenters. The minimum atomic E-state index is -0.165. The summed E-state index contributed by atoms with van der Waals surface area (Å²) in [6, 6.07) is 0. The van der Waals surface area contributed by atoms with Gasteiger partial charge in [0.2, 0.25) is 0 Å². The van der Waals surface area contributed by atoms with Crippen LogP contribution in [-0.4, -0.2) is 24.4 Å². The van der Waals surface area contributed by atoms with Crippen molar-refractivity contribution in [3.8, 4) is 0 Å². The predicted octanol–water partition coefficient (Wildman–Crippen LogP) is 5.64. The standard InChI is InChI=1S/C16H28Cl2O2/c1-15(2,3)19-11-13(17)9-7-8-10-14(18)12-20-16(4,5)6/h9-10H,7-8,11-12H2,1-6H3/b13-9-,14-10-. The van der Waals surface area contributed by atoms with Crippen LogP contribution < -0.4 is 0 Å². The van der Waals surface area contributed by atoms with Crippen molar-refractivity contribution in [1.82, 2.24) is 0 Å². The van der Waals surface area contributed by atoms with Gasteiger partial charge < -0.3 is 9.47 Å². The number of ether oxygens (including phenoxy) is 2. The molecule has 0 radical (unpaired) electrons. The van der Waals surface area contributed by atoms with E-state index in [0.29, 0.717) is 13.2 Å². The van der Waals surface area contributed by atoms with Crippen LogP contribution in [0.4, 0.5) is 0 Å². The fourth-order valence-corrected chi connectivity index (χ4v) is 1.50. The topological polar surface area (TPSA) is 18.5 Å². The summed E-state index contributed by atoms with van der Waals surface area (Å²) < 4.78 is 11.2. The smallest absolute Gasteiger partial charge is 0.0826 e. The van der Waals surface area contributed by atoms with Crippen LogP contribution in [0.5, 0.6) is 0 Å². The minimum Gasteiger partial charge on any atom is -0.370 e. The van der Waals surface area contributed by atoms with Crippen molar-refractivity contribution in [1.29, 1.82) is 0 Å². The van der Waals surface area contributed by atoms with E-state index in [-0.39, 0.29) is 11.2 Å². The van der Waals surface area contributed by atoms with Crippen LogP contribution in [0.3, 0.4) is 0 Å². The molecule has 0 spiro atoms. The highest BCUT2D eigenvalue weighted by Crippen LogP contribution is 2.15. The van der Waals surface area contributed by atoms with Crippen molar-refractivity contribution in [2.45, 2.75) is 65.6 Å². The van der Waals surface area contributed by atoms with Crippen molar-refractivity contribution in [3.05, 3.63) is 22.2 Å². The highest BCUT2D eigenvalue weighted by molar-refractivity contribution is 6.30. The third-order valence-corrected chi connectivity index (χ3v) is 2.71. The average Bonchev–Trinajstić information content (AvgIpc) is 2.27. The summed E-state index contributed by atoms with van der Waals surface area (Å²) in [7, 11) is 0. The van der Waals surface area contributed by atoms with Crippen molar-refractivity contribution in [3.63, 3.8) is 0 Å². The average molecular weight is 323 g/mol. The third-order valence-electron chi connectivity index (χ3n) is 2.18. The van der Waals surface area contributed by atoms with E-state index in [1.807, 2.05) is 53.7 Å². The molecule has 0 bridgehead atoms. The molecule has 0 aromatic heterocycles. The van der Waals surface area contributed by atoms with Gasteiger partial charge in [-0.1, -0.05) is 35.4 Å². The van der Waals surface area contributed by atoms with Gasteiger partial charge in [-0.15, -0.1) is 0 Å². The van der Waals surface area contributed by atoms with Gasteiger partial charge in [-0.25, -0.2) is 0 Å². The van der Waals surface area contributed by atoms with Gasteiger partial charge in [-0.2, -0.15) is 0 Å². The predicted molar refractivity (Wildman–Crippen MR) is 88.5 cm³/mol. The minimum absolute atomic E-state index is 0.165. The first-order valence-corrected chi connectivity index (χ1v) is 7.72. The molecule has 118 valence electrons. The zero-order valence-electron chi connectivity index (χ0n) is 13.6. The maximum absolute atomic E-state index is 6.08. The van der Waals surface area contributed by atoms with E-state index < -0.39 is 0 Å². The van der Waals surface area contributed by atoms with Crippen molar-refractivity contribution < 1.29 is 9.47 Å². The summed E-state index contributed by atoms with van der Waals surface area (Å²) in [5.41, 5.74) is -0.330. The van der Waals surface area contributed by atoms with Gasteiger partial charge in [0.25, 0.3) is 0 Å². The number of hydrogen-bond acceptors (Lipinski definition) is 2. The van der Waals surface area contributed by atoms with Crippen molar-refractivity contribution in [2.24, 2.45) is 0 Å².